The van der Waals surface area contributed by atoms with Crippen LogP contribution in [0.2, 0.25) is 0 Å². The van der Waals surface area contributed by atoms with Crippen molar-refractivity contribution >= 4 is 17.5 Å². The quantitative estimate of drug-likeness (QED) is 0.893. The van der Waals surface area contributed by atoms with Gasteiger partial charge in [-0.25, -0.2) is 9.97 Å². The Labute approximate surface area is 143 Å². The summed E-state index contributed by atoms with van der Waals surface area (Å²) in [6.45, 7) is 12.3. The molecule has 2 rings (SSSR count). The summed E-state index contributed by atoms with van der Waals surface area (Å²) in [5.41, 5.74) is 2.46. The fourth-order valence-corrected chi connectivity index (χ4v) is 2.11. The molecule has 1 amide bonds. The Morgan fingerprint density at radius 2 is 1.46 bits per heavy atom. The number of aromatic nitrogens is 2. The lowest BCUT2D eigenvalue weighted by Gasteiger charge is -2.20. The van der Waals surface area contributed by atoms with Crippen LogP contribution >= 0.6 is 0 Å². The third-order valence-corrected chi connectivity index (χ3v) is 3.41. The van der Waals surface area contributed by atoms with E-state index in [9.17, 15) is 4.79 Å². The van der Waals surface area contributed by atoms with E-state index >= 15 is 0 Å². The van der Waals surface area contributed by atoms with Crippen LogP contribution in [0.1, 0.15) is 57.5 Å². The van der Waals surface area contributed by atoms with E-state index in [1.807, 2.05) is 32.9 Å². The van der Waals surface area contributed by atoms with Gasteiger partial charge in [-0.15, -0.1) is 0 Å². The first kappa shape index (κ1) is 17.9. The van der Waals surface area contributed by atoms with Crippen LogP contribution in [0.15, 0.2) is 36.7 Å². The lowest BCUT2D eigenvalue weighted by Crippen LogP contribution is -2.40. The minimum atomic E-state index is -0.289. The zero-order chi connectivity index (χ0) is 18.0. The van der Waals surface area contributed by atoms with Gasteiger partial charge in [0.2, 0.25) is 5.95 Å². The molecule has 1 heterocycles. The SMILES string of the molecule is CC(C)(C)NC(=O)c1cnc(Nc2ccc(C(C)(C)C)cc2)nc1. The van der Waals surface area contributed by atoms with Crippen molar-refractivity contribution in [3.05, 3.63) is 47.8 Å². The lowest BCUT2D eigenvalue weighted by atomic mass is 9.87. The summed E-state index contributed by atoms with van der Waals surface area (Å²) < 4.78 is 0. The maximum absolute atomic E-state index is 12.0. The maximum Gasteiger partial charge on any atom is 0.254 e. The van der Waals surface area contributed by atoms with Crippen LogP contribution in [0, 0.1) is 0 Å². The zero-order valence-corrected chi connectivity index (χ0v) is 15.3. The number of anilines is 2. The molecule has 0 aliphatic carbocycles. The zero-order valence-electron chi connectivity index (χ0n) is 15.3. The molecule has 1 aromatic carbocycles. The van der Waals surface area contributed by atoms with Crippen molar-refractivity contribution in [2.75, 3.05) is 5.32 Å². The molecule has 24 heavy (non-hydrogen) atoms. The van der Waals surface area contributed by atoms with E-state index in [-0.39, 0.29) is 16.9 Å². The van der Waals surface area contributed by atoms with Crippen molar-refractivity contribution in [3.8, 4) is 0 Å². The molecule has 0 unspecified atom stereocenters. The summed E-state index contributed by atoms with van der Waals surface area (Å²) in [6.07, 6.45) is 3.06. The van der Waals surface area contributed by atoms with Gasteiger partial charge in [0.15, 0.2) is 0 Å². The molecule has 0 spiro atoms. The number of hydrogen-bond acceptors (Lipinski definition) is 4. The molecule has 2 N–H and O–H groups in total. The third kappa shape index (κ3) is 5.05. The number of carbonyl (C=O) groups excluding carboxylic acids is 1. The van der Waals surface area contributed by atoms with Crippen molar-refractivity contribution in [1.29, 1.82) is 0 Å². The smallest absolute Gasteiger partial charge is 0.254 e. The normalized spacial score (nSPS) is 11.9. The Bertz CT molecular complexity index is 692. The minimum Gasteiger partial charge on any atom is -0.347 e. The van der Waals surface area contributed by atoms with E-state index < -0.39 is 0 Å². The molecule has 0 aliphatic heterocycles. The van der Waals surface area contributed by atoms with Crippen molar-refractivity contribution in [3.63, 3.8) is 0 Å². The van der Waals surface area contributed by atoms with Crippen LogP contribution in [0.25, 0.3) is 0 Å². The fraction of sp³-hybridized carbons (Fsp3) is 0.421. The van der Waals surface area contributed by atoms with Crippen LogP contribution in [-0.2, 0) is 5.41 Å². The van der Waals surface area contributed by atoms with Gasteiger partial charge in [-0.3, -0.25) is 4.79 Å². The Hall–Kier alpha value is -2.43. The third-order valence-electron chi connectivity index (χ3n) is 3.41. The highest BCUT2D eigenvalue weighted by molar-refractivity contribution is 5.94. The maximum atomic E-state index is 12.0. The van der Waals surface area contributed by atoms with E-state index in [4.69, 9.17) is 0 Å². The van der Waals surface area contributed by atoms with Crippen molar-refractivity contribution in [2.24, 2.45) is 0 Å². The van der Waals surface area contributed by atoms with Crippen LogP contribution in [0.5, 0.6) is 0 Å². The molecule has 0 fully saturated rings. The van der Waals surface area contributed by atoms with Crippen LogP contribution in [0.3, 0.4) is 0 Å². The molecule has 1 aromatic heterocycles. The predicted molar refractivity (Wildman–Crippen MR) is 97.7 cm³/mol. The van der Waals surface area contributed by atoms with Crippen molar-refractivity contribution < 1.29 is 4.79 Å². The summed E-state index contributed by atoms with van der Waals surface area (Å²) in [6, 6.07) is 8.19. The average Bonchev–Trinajstić information content (AvgIpc) is 2.46. The van der Waals surface area contributed by atoms with Crippen LogP contribution in [-0.4, -0.2) is 21.4 Å². The number of amides is 1. The van der Waals surface area contributed by atoms with E-state index in [1.54, 1.807) is 0 Å². The largest absolute Gasteiger partial charge is 0.347 e. The summed E-state index contributed by atoms with van der Waals surface area (Å²) in [4.78, 5) is 20.5. The van der Waals surface area contributed by atoms with Crippen LogP contribution in [0.4, 0.5) is 11.6 Å². The van der Waals surface area contributed by atoms with Gasteiger partial charge in [-0.2, -0.15) is 0 Å². The molecule has 0 saturated carbocycles. The molecule has 5 nitrogen and oxygen atoms in total. The second kappa shape index (κ2) is 6.59. The van der Waals surface area contributed by atoms with E-state index in [0.717, 1.165) is 5.69 Å². The fourth-order valence-electron chi connectivity index (χ4n) is 2.11. The molecule has 0 aliphatic rings. The lowest BCUT2D eigenvalue weighted by molar-refractivity contribution is 0.0919. The van der Waals surface area contributed by atoms with Gasteiger partial charge in [0, 0.05) is 23.6 Å². The Kier molecular flexibility index (Phi) is 4.92. The second-order valence-corrected chi connectivity index (χ2v) is 7.95. The number of nitrogens with zero attached hydrogens (tertiary/aromatic N) is 2. The highest BCUT2D eigenvalue weighted by Crippen LogP contribution is 2.24. The Balaban J connectivity index is 2.05. The predicted octanol–water partition coefficient (Wildman–Crippen LogP) is 4.05. The van der Waals surface area contributed by atoms with Gasteiger partial charge in [0.1, 0.15) is 0 Å². The average molecular weight is 326 g/mol. The van der Waals surface area contributed by atoms with Gasteiger partial charge < -0.3 is 10.6 Å². The Morgan fingerprint density at radius 1 is 0.917 bits per heavy atom. The standard InChI is InChI=1S/C19H26N4O/c1-18(2,3)14-7-9-15(10-8-14)22-17-20-11-13(12-21-17)16(24)23-19(4,5)6/h7-12H,1-6H3,(H,23,24)(H,20,21,22). The summed E-state index contributed by atoms with van der Waals surface area (Å²) in [5, 5.41) is 6.03. The molecule has 0 saturated heterocycles. The van der Waals surface area contributed by atoms with E-state index in [1.165, 1.54) is 18.0 Å². The molecular weight excluding hydrogens is 300 g/mol. The molecular formula is C19H26N4O. The first-order valence-electron chi connectivity index (χ1n) is 8.07. The van der Waals surface area contributed by atoms with Gasteiger partial charge in [-0.05, 0) is 43.9 Å². The van der Waals surface area contributed by atoms with Gasteiger partial charge >= 0.3 is 0 Å². The first-order valence-corrected chi connectivity index (χ1v) is 8.07. The summed E-state index contributed by atoms with van der Waals surface area (Å²) in [5.74, 6) is 0.286. The molecule has 2 aromatic rings. The van der Waals surface area contributed by atoms with Gasteiger partial charge in [0.25, 0.3) is 5.91 Å². The van der Waals surface area contributed by atoms with E-state index in [0.29, 0.717) is 11.5 Å². The Morgan fingerprint density at radius 3 is 1.92 bits per heavy atom. The number of rotatable bonds is 3. The van der Waals surface area contributed by atoms with Crippen LogP contribution < -0.4 is 10.6 Å². The molecule has 128 valence electrons. The summed E-state index contributed by atoms with van der Waals surface area (Å²) in [7, 11) is 0. The minimum absolute atomic E-state index is 0.122. The highest BCUT2D eigenvalue weighted by atomic mass is 16.1. The van der Waals surface area contributed by atoms with Crippen molar-refractivity contribution in [2.45, 2.75) is 52.5 Å². The number of carbonyl (C=O) groups is 1. The number of hydrogen-bond donors (Lipinski definition) is 2. The van der Waals surface area contributed by atoms with Gasteiger partial charge in [0.05, 0.1) is 5.56 Å². The summed E-state index contributed by atoms with van der Waals surface area (Å²) >= 11 is 0. The number of benzene rings is 1. The monoisotopic (exact) mass is 326 g/mol. The van der Waals surface area contributed by atoms with Crippen molar-refractivity contribution in [1.82, 2.24) is 15.3 Å². The topological polar surface area (TPSA) is 66.9 Å². The van der Waals surface area contributed by atoms with E-state index in [2.05, 4.69) is 53.5 Å². The number of nitrogens with one attached hydrogen (secondary N) is 2. The second-order valence-electron chi connectivity index (χ2n) is 7.95. The highest BCUT2D eigenvalue weighted by Gasteiger charge is 2.16. The van der Waals surface area contributed by atoms with Gasteiger partial charge in [-0.1, -0.05) is 32.9 Å². The molecule has 0 radical (unpaired) electrons. The molecule has 0 atom stereocenters. The first-order chi connectivity index (χ1) is 11.0. The molecule has 5 heteroatoms. The molecule has 0 bridgehead atoms.